The highest BCUT2D eigenvalue weighted by Gasteiger charge is 2.08. The van der Waals surface area contributed by atoms with Crippen LogP contribution in [0.15, 0.2) is 54.6 Å². The Labute approximate surface area is 116 Å². The van der Waals surface area contributed by atoms with Crippen molar-refractivity contribution in [3.8, 4) is 11.1 Å². The van der Waals surface area contributed by atoms with Crippen molar-refractivity contribution in [2.24, 2.45) is 0 Å². The molecule has 1 nitrogen and oxygen atoms in total. The van der Waals surface area contributed by atoms with Crippen LogP contribution in [0.2, 0.25) is 0 Å². The maximum Gasteiger partial charge on any atom is 0.0317 e. The summed E-state index contributed by atoms with van der Waals surface area (Å²) in [5.41, 5.74) is 3.97. The maximum atomic E-state index is 3.61. The molecule has 0 saturated heterocycles. The molecule has 2 aromatic rings. The fourth-order valence-corrected chi connectivity index (χ4v) is 2.38. The summed E-state index contributed by atoms with van der Waals surface area (Å²) in [4.78, 5) is 0. The predicted molar refractivity (Wildman–Crippen MR) is 83.2 cm³/mol. The Morgan fingerprint density at radius 3 is 2.32 bits per heavy atom. The van der Waals surface area contributed by atoms with Crippen molar-refractivity contribution in [1.82, 2.24) is 5.32 Å². The van der Waals surface area contributed by atoms with Gasteiger partial charge in [-0.15, -0.1) is 0 Å². The number of benzene rings is 2. The van der Waals surface area contributed by atoms with Gasteiger partial charge in [0.25, 0.3) is 0 Å². The molecule has 0 aromatic heterocycles. The van der Waals surface area contributed by atoms with Gasteiger partial charge in [-0.25, -0.2) is 0 Å². The molecule has 0 fully saturated rings. The second kappa shape index (κ2) is 7.10. The number of hydrogen-bond acceptors (Lipinski definition) is 1. The second-order valence-corrected chi connectivity index (χ2v) is 4.91. The number of hydrogen-bond donors (Lipinski definition) is 1. The van der Waals surface area contributed by atoms with E-state index < -0.39 is 0 Å². The molecule has 19 heavy (non-hydrogen) atoms. The van der Waals surface area contributed by atoms with Gasteiger partial charge in [0.2, 0.25) is 0 Å². The average molecular weight is 253 g/mol. The van der Waals surface area contributed by atoms with Crippen LogP contribution < -0.4 is 5.32 Å². The zero-order valence-corrected chi connectivity index (χ0v) is 11.9. The van der Waals surface area contributed by atoms with Crippen LogP contribution >= 0.6 is 0 Å². The summed E-state index contributed by atoms with van der Waals surface area (Å²) in [5, 5.41) is 3.61. The van der Waals surface area contributed by atoms with Crippen molar-refractivity contribution in [2.75, 3.05) is 6.54 Å². The monoisotopic (exact) mass is 253 g/mol. The molecular weight excluding hydrogens is 230 g/mol. The van der Waals surface area contributed by atoms with Crippen LogP contribution in [0.5, 0.6) is 0 Å². The van der Waals surface area contributed by atoms with Crippen LogP contribution in [-0.4, -0.2) is 6.54 Å². The molecule has 0 saturated carbocycles. The third kappa shape index (κ3) is 3.68. The number of rotatable bonds is 6. The molecule has 1 N–H and O–H groups in total. The summed E-state index contributed by atoms with van der Waals surface area (Å²) in [6, 6.07) is 19.9. The van der Waals surface area contributed by atoms with E-state index in [1.165, 1.54) is 23.1 Å². The molecule has 1 heteroatoms. The minimum atomic E-state index is 0.462. The van der Waals surface area contributed by atoms with Gasteiger partial charge in [0.1, 0.15) is 0 Å². The minimum Gasteiger partial charge on any atom is -0.310 e. The smallest absolute Gasteiger partial charge is 0.0317 e. The van der Waals surface area contributed by atoms with E-state index in [1.54, 1.807) is 0 Å². The molecule has 0 amide bonds. The first-order valence-corrected chi connectivity index (χ1v) is 7.24. The van der Waals surface area contributed by atoms with E-state index in [0.717, 1.165) is 13.0 Å². The Morgan fingerprint density at radius 1 is 0.895 bits per heavy atom. The average Bonchev–Trinajstić information content (AvgIpc) is 2.49. The molecule has 0 aliphatic heterocycles. The lowest BCUT2D eigenvalue weighted by atomic mass is 9.98. The van der Waals surface area contributed by atoms with E-state index in [4.69, 9.17) is 0 Å². The fourth-order valence-electron chi connectivity index (χ4n) is 2.38. The Balaban J connectivity index is 2.23. The molecule has 0 heterocycles. The fraction of sp³-hybridized carbons (Fsp3) is 0.333. The Hall–Kier alpha value is -1.60. The van der Waals surface area contributed by atoms with Crippen molar-refractivity contribution in [3.63, 3.8) is 0 Å². The largest absolute Gasteiger partial charge is 0.310 e. The molecule has 0 spiro atoms. The van der Waals surface area contributed by atoms with Gasteiger partial charge in [0, 0.05) is 6.04 Å². The zero-order chi connectivity index (χ0) is 13.5. The van der Waals surface area contributed by atoms with Crippen molar-refractivity contribution >= 4 is 0 Å². The highest BCUT2D eigenvalue weighted by molar-refractivity contribution is 5.64. The first-order chi connectivity index (χ1) is 9.35. The maximum absolute atomic E-state index is 3.61. The van der Waals surface area contributed by atoms with Crippen molar-refractivity contribution in [3.05, 3.63) is 60.2 Å². The van der Waals surface area contributed by atoms with Crippen LogP contribution in [0.4, 0.5) is 0 Å². The first kappa shape index (κ1) is 13.8. The summed E-state index contributed by atoms with van der Waals surface area (Å²) >= 11 is 0. The van der Waals surface area contributed by atoms with Crippen LogP contribution in [0.25, 0.3) is 11.1 Å². The van der Waals surface area contributed by atoms with Crippen LogP contribution in [-0.2, 0) is 0 Å². The lowest BCUT2D eigenvalue weighted by molar-refractivity contribution is 0.518. The van der Waals surface area contributed by atoms with Gasteiger partial charge >= 0.3 is 0 Å². The number of nitrogens with one attached hydrogen (secondary N) is 1. The zero-order valence-electron chi connectivity index (χ0n) is 11.9. The van der Waals surface area contributed by atoms with E-state index in [2.05, 4.69) is 73.8 Å². The standard InChI is InChI=1S/C18H23N/c1-3-13-19-18(4-2)17-12-8-11-16(14-17)15-9-6-5-7-10-15/h5-12,14,18-19H,3-4,13H2,1-2H3. The van der Waals surface area contributed by atoms with Gasteiger partial charge < -0.3 is 5.32 Å². The Bertz CT molecular complexity index is 490. The first-order valence-electron chi connectivity index (χ1n) is 7.24. The topological polar surface area (TPSA) is 12.0 Å². The van der Waals surface area contributed by atoms with Gasteiger partial charge in [-0.1, -0.05) is 62.4 Å². The van der Waals surface area contributed by atoms with E-state index in [-0.39, 0.29) is 0 Å². The van der Waals surface area contributed by atoms with Gasteiger partial charge in [-0.2, -0.15) is 0 Å². The quantitative estimate of drug-likeness (QED) is 0.779. The summed E-state index contributed by atoms with van der Waals surface area (Å²) in [6.45, 7) is 5.52. The van der Waals surface area contributed by atoms with Gasteiger partial charge in [-0.05, 0) is 42.1 Å². The second-order valence-electron chi connectivity index (χ2n) is 4.91. The highest BCUT2D eigenvalue weighted by atomic mass is 14.9. The summed E-state index contributed by atoms with van der Waals surface area (Å²) in [7, 11) is 0. The normalized spacial score (nSPS) is 12.3. The van der Waals surface area contributed by atoms with Crippen molar-refractivity contribution in [2.45, 2.75) is 32.7 Å². The lowest BCUT2D eigenvalue weighted by Gasteiger charge is -2.18. The van der Waals surface area contributed by atoms with Crippen LogP contribution in [0.3, 0.4) is 0 Å². The van der Waals surface area contributed by atoms with Crippen LogP contribution in [0.1, 0.15) is 38.3 Å². The van der Waals surface area contributed by atoms with Crippen LogP contribution in [0, 0.1) is 0 Å². The lowest BCUT2D eigenvalue weighted by Crippen LogP contribution is -2.21. The molecule has 100 valence electrons. The van der Waals surface area contributed by atoms with E-state index in [0.29, 0.717) is 6.04 Å². The summed E-state index contributed by atoms with van der Waals surface area (Å²) in [5.74, 6) is 0. The van der Waals surface area contributed by atoms with Crippen molar-refractivity contribution in [1.29, 1.82) is 0 Å². The molecule has 0 bridgehead atoms. The summed E-state index contributed by atoms with van der Waals surface area (Å²) < 4.78 is 0. The molecule has 1 atom stereocenters. The van der Waals surface area contributed by atoms with Gasteiger partial charge in [0.15, 0.2) is 0 Å². The minimum absolute atomic E-state index is 0.462. The molecule has 0 aliphatic rings. The Kier molecular flexibility index (Phi) is 5.17. The van der Waals surface area contributed by atoms with E-state index >= 15 is 0 Å². The third-order valence-electron chi connectivity index (χ3n) is 3.45. The summed E-state index contributed by atoms with van der Waals surface area (Å²) in [6.07, 6.45) is 2.30. The van der Waals surface area contributed by atoms with Crippen molar-refractivity contribution < 1.29 is 0 Å². The molecule has 2 aromatic carbocycles. The molecule has 1 unspecified atom stereocenters. The van der Waals surface area contributed by atoms with Gasteiger partial charge in [0.05, 0.1) is 0 Å². The predicted octanol–water partition coefficient (Wildman–Crippen LogP) is 4.80. The highest BCUT2D eigenvalue weighted by Crippen LogP contribution is 2.24. The van der Waals surface area contributed by atoms with E-state index in [9.17, 15) is 0 Å². The van der Waals surface area contributed by atoms with Gasteiger partial charge in [-0.3, -0.25) is 0 Å². The SMILES string of the molecule is CCCNC(CC)c1cccc(-c2ccccc2)c1. The Morgan fingerprint density at radius 2 is 1.63 bits per heavy atom. The molecular formula is C18H23N. The molecule has 0 radical (unpaired) electrons. The third-order valence-corrected chi connectivity index (χ3v) is 3.45. The molecule has 2 rings (SSSR count). The van der Waals surface area contributed by atoms with E-state index in [1.807, 2.05) is 0 Å². The molecule has 0 aliphatic carbocycles.